The summed E-state index contributed by atoms with van der Waals surface area (Å²) in [5.74, 6) is 1.98. The predicted molar refractivity (Wildman–Crippen MR) is 69.4 cm³/mol. The zero-order chi connectivity index (χ0) is 11.5. The molecule has 1 saturated carbocycles. The van der Waals surface area contributed by atoms with Gasteiger partial charge in [0.25, 0.3) is 0 Å². The first kappa shape index (κ1) is 11.1. The van der Waals surface area contributed by atoms with E-state index in [2.05, 4.69) is 23.5 Å². The van der Waals surface area contributed by atoms with Crippen LogP contribution < -0.4 is 10.1 Å². The van der Waals surface area contributed by atoms with Crippen LogP contribution in [0.1, 0.15) is 31.2 Å². The Hall–Kier alpha value is -1.02. The predicted octanol–water partition coefficient (Wildman–Crippen LogP) is 2.77. The van der Waals surface area contributed by atoms with Crippen LogP contribution in [0.4, 0.5) is 0 Å². The molecular formula is C15H21NO. The number of benzene rings is 1. The molecule has 0 bridgehead atoms. The highest BCUT2D eigenvalue weighted by Crippen LogP contribution is 2.26. The molecule has 0 spiro atoms. The molecule has 0 amide bonds. The lowest BCUT2D eigenvalue weighted by atomic mass is 10.0. The Morgan fingerprint density at radius 2 is 2.00 bits per heavy atom. The van der Waals surface area contributed by atoms with Gasteiger partial charge in [-0.15, -0.1) is 0 Å². The minimum atomic E-state index is 0.505. The van der Waals surface area contributed by atoms with E-state index >= 15 is 0 Å². The van der Waals surface area contributed by atoms with E-state index in [1.54, 1.807) is 0 Å². The van der Waals surface area contributed by atoms with Crippen molar-refractivity contribution in [1.82, 2.24) is 5.32 Å². The van der Waals surface area contributed by atoms with Gasteiger partial charge in [-0.05, 0) is 43.4 Å². The van der Waals surface area contributed by atoms with Crippen molar-refractivity contribution >= 4 is 0 Å². The van der Waals surface area contributed by atoms with E-state index in [-0.39, 0.29) is 0 Å². The maximum atomic E-state index is 5.79. The Morgan fingerprint density at radius 1 is 1.18 bits per heavy atom. The number of nitrogens with one attached hydrogen (secondary N) is 1. The van der Waals surface area contributed by atoms with Gasteiger partial charge in [-0.2, -0.15) is 0 Å². The molecule has 0 radical (unpaired) electrons. The van der Waals surface area contributed by atoms with E-state index in [1.165, 1.54) is 37.8 Å². The van der Waals surface area contributed by atoms with Crippen LogP contribution in [0, 0.1) is 5.92 Å². The molecule has 92 valence electrons. The fourth-order valence-electron chi connectivity index (χ4n) is 3.01. The van der Waals surface area contributed by atoms with Gasteiger partial charge < -0.3 is 10.1 Å². The van der Waals surface area contributed by atoms with Crippen molar-refractivity contribution in [2.75, 3.05) is 13.2 Å². The number of rotatable bonds is 3. The van der Waals surface area contributed by atoms with Crippen LogP contribution in [-0.4, -0.2) is 19.2 Å². The summed E-state index contributed by atoms with van der Waals surface area (Å²) in [6, 6.07) is 8.90. The monoisotopic (exact) mass is 231 g/mol. The summed E-state index contributed by atoms with van der Waals surface area (Å²) in [6.45, 7) is 2.00. The highest BCUT2D eigenvalue weighted by Gasteiger charge is 2.21. The van der Waals surface area contributed by atoms with E-state index in [9.17, 15) is 0 Å². The Labute approximate surface area is 103 Å². The third-order valence-electron chi connectivity index (χ3n) is 4.05. The second-order valence-electron chi connectivity index (χ2n) is 5.38. The lowest BCUT2D eigenvalue weighted by Crippen LogP contribution is -2.41. The SMILES string of the molecule is c1ccc2c(c1)CC(NCC1CCCC1)CO2. The molecule has 17 heavy (non-hydrogen) atoms. The highest BCUT2D eigenvalue weighted by atomic mass is 16.5. The van der Waals surface area contributed by atoms with Crippen molar-refractivity contribution in [2.45, 2.75) is 38.1 Å². The Morgan fingerprint density at radius 3 is 2.88 bits per heavy atom. The van der Waals surface area contributed by atoms with Crippen molar-refractivity contribution in [1.29, 1.82) is 0 Å². The summed E-state index contributed by atoms with van der Waals surface area (Å²) in [6.07, 6.45) is 6.80. The lowest BCUT2D eigenvalue weighted by Gasteiger charge is -2.27. The normalized spacial score (nSPS) is 24.4. The lowest BCUT2D eigenvalue weighted by molar-refractivity contribution is 0.233. The molecule has 1 aromatic carbocycles. The zero-order valence-corrected chi connectivity index (χ0v) is 10.3. The van der Waals surface area contributed by atoms with Gasteiger partial charge in [0.15, 0.2) is 0 Å². The molecule has 2 nitrogen and oxygen atoms in total. The topological polar surface area (TPSA) is 21.3 Å². The smallest absolute Gasteiger partial charge is 0.122 e. The number of hydrogen-bond donors (Lipinski definition) is 1. The van der Waals surface area contributed by atoms with Gasteiger partial charge in [-0.25, -0.2) is 0 Å². The maximum Gasteiger partial charge on any atom is 0.122 e. The summed E-state index contributed by atoms with van der Waals surface area (Å²) in [7, 11) is 0. The second-order valence-corrected chi connectivity index (χ2v) is 5.38. The molecular weight excluding hydrogens is 210 g/mol. The minimum absolute atomic E-state index is 0.505. The molecule has 1 heterocycles. The number of ether oxygens (including phenoxy) is 1. The quantitative estimate of drug-likeness (QED) is 0.863. The van der Waals surface area contributed by atoms with E-state index in [4.69, 9.17) is 4.74 Å². The molecule has 1 N–H and O–H groups in total. The van der Waals surface area contributed by atoms with Crippen LogP contribution in [0.25, 0.3) is 0 Å². The van der Waals surface area contributed by atoms with Crippen molar-refractivity contribution in [2.24, 2.45) is 5.92 Å². The Balaban J connectivity index is 1.53. The molecule has 0 saturated heterocycles. The van der Waals surface area contributed by atoms with Crippen molar-refractivity contribution in [3.05, 3.63) is 29.8 Å². The average molecular weight is 231 g/mol. The van der Waals surface area contributed by atoms with Gasteiger partial charge in [0.2, 0.25) is 0 Å². The van der Waals surface area contributed by atoms with E-state index < -0.39 is 0 Å². The molecule has 1 unspecified atom stereocenters. The van der Waals surface area contributed by atoms with Gasteiger partial charge in [0.05, 0.1) is 0 Å². The average Bonchev–Trinajstić information content (AvgIpc) is 2.89. The second kappa shape index (κ2) is 5.09. The van der Waals surface area contributed by atoms with Gasteiger partial charge in [0.1, 0.15) is 12.4 Å². The number of hydrogen-bond acceptors (Lipinski definition) is 2. The third-order valence-corrected chi connectivity index (χ3v) is 4.05. The fourth-order valence-corrected chi connectivity index (χ4v) is 3.01. The molecule has 2 heteroatoms. The van der Waals surface area contributed by atoms with Gasteiger partial charge >= 0.3 is 0 Å². The van der Waals surface area contributed by atoms with Gasteiger partial charge in [-0.3, -0.25) is 0 Å². The first-order valence-corrected chi connectivity index (χ1v) is 6.86. The van der Waals surface area contributed by atoms with E-state index in [0.29, 0.717) is 6.04 Å². The largest absolute Gasteiger partial charge is 0.492 e. The zero-order valence-electron chi connectivity index (χ0n) is 10.3. The first-order valence-electron chi connectivity index (χ1n) is 6.86. The third kappa shape index (κ3) is 2.63. The Bertz CT molecular complexity index is 371. The maximum absolute atomic E-state index is 5.79. The molecule has 1 atom stereocenters. The molecule has 3 rings (SSSR count). The summed E-state index contributed by atoms with van der Waals surface area (Å²) in [4.78, 5) is 0. The first-order chi connectivity index (χ1) is 8.42. The van der Waals surface area contributed by atoms with E-state index in [1.807, 2.05) is 6.07 Å². The van der Waals surface area contributed by atoms with Crippen molar-refractivity contribution < 1.29 is 4.74 Å². The molecule has 0 aromatic heterocycles. The minimum Gasteiger partial charge on any atom is -0.492 e. The van der Waals surface area contributed by atoms with Gasteiger partial charge in [0, 0.05) is 6.04 Å². The molecule has 1 aliphatic carbocycles. The van der Waals surface area contributed by atoms with E-state index in [0.717, 1.165) is 24.7 Å². The molecule has 1 aliphatic heterocycles. The highest BCUT2D eigenvalue weighted by molar-refractivity contribution is 5.35. The summed E-state index contributed by atoms with van der Waals surface area (Å²) in [5.41, 5.74) is 1.35. The van der Waals surface area contributed by atoms with Crippen LogP contribution in [0.15, 0.2) is 24.3 Å². The van der Waals surface area contributed by atoms with Crippen LogP contribution in [0.5, 0.6) is 5.75 Å². The molecule has 1 aromatic rings. The van der Waals surface area contributed by atoms with Crippen LogP contribution in [0.2, 0.25) is 0 Å². The fraction of sp³-hybridized carbons (Fsp3) is 0.600. The Kier molecular flexibility index (Phi) is 3.32. The van der Waals surface area contributed by atoms with Crippen LogP contribution in [-0.2, 0) is 6.42 Å². The summed E-state index contributed by atoms with van der Waals surface area (Å²) < 4.78 is 5.79. The number of para-hydroxylation sites is 1. The van der Waals surface area contributed by atoms with Gasteiger partial charge in [-0.1, -0.05) is 31.0 Å². The van der Waals surface area contributed by atoms with Crippen LogP contribution >= 0.6 is 0 Å². The standard InChI is InChI=1S/C15H21NO/c1-2-6-12(5-1)10-16-14-9-13-7-3-4-8-15(13)17-11-14/h3-4,7-8,12,14,16H,1-2,5-6,9-11H2. The summed E-state index contributed by atoms with van der Waals surface area (Å²) in [5, 5.41) is 3.68. The van der Waals surface area contributed by atoms with Crippen LogP contribution in [0.3, 0.4) is 0 Å². The molecule has 2 aliphatic rings. The van der Waals surface area contributed by atoms with Crippen molar-refractivity contribution in [3.8, 4) is 5.75 Å². The molecule has 1 fully saturated rings. The summed E-state index contributed by atoms with van der Waals surface area (Å²) >= 11 is 0. The van der Waals surface area contributed by atoms with Crippen molar-refractivity contribution in [3.63, 3.8) is 0 Å². The number of fused-ring (bicyclic) bond motifs is 1.